The largest absolute Gasteiger partial charge is 0.347 e. The van der Waals surface area contributed by atoms with Crippen molar-refractivity contribution in [1.29, 1.82) is 0 Å². The zero-order valence-electron chi connectivity index (χ0n) is 50.5. The summed E-state index contributed by atoms with van der Waals surface area (Å²) >= 11 is 0. The van der Waals surface area contributed by atoms with Crippen LogP contribution in [0.5, 0.6) is 0 Å². The Balaban J connectivity index is 0.904. The first kappa shape index (κ1) is 53.1. The van der Waals surface area contributed by atoms with Crippen molar-refractivity contribution in [2.75, 3.05) is 14.7 Å². The van der Waals surface area contributed by atoms with Gasteiger partial charge in [0.1, 0.15) is 6.17 Å². The van der Waals surface area contributed by atoms with E-state index in [1.54, 1.807) is 22.6 Å². The molecular weight excluding hydrogens is 1040 g/mol. The minimum atomic E-state index is -0.0477. The zero-order chi connectivity index (χ0) is 56.7. The van der Waals surface area contributed by atoms with Crippen LogP contribution in [0.25, 0.3) is 0 Å². The molecule has 0 N–H and O–H groups in total. The van der Waals surface area contributed by atoms with Gasteiger partial charge in [0.15, 0.2) is 6.71 Å². The van der Waals surface area contributed by atoms with E-state index in [0.717, 1.165) is 77.0 Å². The molecule has 9 aliphatic carbocycles. The van der Waals surface area contributed by atoms with E-state index in [1.807, 2.05) is 0 Å². The monoisotopic (exact) mass is 1130 g/mol. The molecule has 10 atom stereocenters. The summed E-state index contributed by atoms with van der Waals surface area (Å²) in [6.07, 6.45) is 68.8. The van der Waals surface area contributed by atoms with Crippen molar-refractivity contribution in [2.24, 2.45) is 4.99 Å². The Morgan fingerprint density at radius 1 is 0.523 bits per heavy atom. The number of hydrogen-bond donors (Lipinski definition) is 0. The maximum absolute atomic E-state index is 6.79. The van der Waals surface area contributed by atoms with E-state index in [1.165, 1.54) is 121 Å². The van der Waals surface area contributed by atoms with E-state index < -0.39 is 0 Å². The summed E-state index contributed by atoms with van der Waals surface area (Å²) < 4.78 is 0. The fraction of sp³-hybridized carbons (Fsp3) is 0.416. The first-order valence-corrected chi connectivity index (χ1v) is 34.2. The van der Waals surface area contributed by atoms with Gasteiger partial charge >= 0.3 is 0 Å². The molecule has 3 aromatic rings. The van der Waals surface area contributed by atoms with E-state index in [2.05, 4.69) is 218 Å². The number of fused-ring (bicyclic) bond motifs is 7. The standard InChI is InChI=1S/C77H85B2N7/c1-9-29-54(30-10-1)81(55-31-11-2-12-32-55)62-49-70-74-72(51-62)85(60-41-21-7-22-42-60)76-66(78(74)64-45-25-27-47-68(64)83(70)58-37-17-5-18-38-58)53-67-77(80-76)86(61-43-23-8-24-44-61)73-52-63(82(56-33-13-3-14-34-56)57-35-15-4-16-36-57)50-71-75(73)79(67)65-46-26-28-48-69(65)84(71)59-39-19-6-20-40-59/h1,6-10,19-27,29,31,33,35,37,39-41,43-47,49-51,54,60,63,66-67,72-75,77H,2-5,11-18,28,30,32,34,36,38,42,48,52-53H2. The fourth-order valence-corrected chi connectivity index (χ4v) is 19.4. The van der Waals surface area contributed by atoms with Gasteiger partial charge in [0, 0.05) is 86.1 Å². The highest BCUT2D eigenvalue weighted by molar-refractivity contribution is 6.82. The number of anilines is 3. The third-order valence-electron chi connectivity index (χ3n) is 22.8. The van der Waals surface area contributed by atoms with Gasteiger partial charge in [-0.2, -0.15) is 0 Å². The average Bonchev–Trinajstić information content (AvgIpc) is 0.711. The molecule has 10 unspecified atom stereocenters. The molecule has 0 radical (unpaired) electrons. The lowest BCUT2D eigenvalue weighted by molar-refractivity contribution is 0.252. The predicted octanol–water partition coefficient (Wildman–Crippen LogP) is 17.2. The lowest BCUT2D eigenvalue weighted by Gasteiger charge is -2.64. The molecule has 2 saturated heterocycles. The second-order valence-electron chi connectivity index (χ2n) is 27.4. The third-order valence-corrected chi connectivity index (χ3v) is 22.8. The maximum atomic E-state index is 6.79. The molecule has 0 aromatic heterocycles. The second-order valence-corrected chi connectivity index (χ2v) is 27.4. The smallest absolute Gasteiger partial charge is 0.202 e. The highest BCUT2D eigenvalue weighted by Gasteiger charge is 2.65. The molecule has 7 nitrogen and oxygen atoms in total. The Morgan fingerprint density at radius 2 is 1.21 bits per heavy atom. The van der Waals surface area contributed by atoms with Crippen LogP contribution in [0.2, 0.25) is 23.3 Å². The first-order chi connectivity index (χ1) is 42.7. The van der Waals surface area contributed by atoms with E-state index in [0.29, 0.717) is 6.71 Å². The first-order valence-electron chi connectivity index (χ1n) is 34.2. The predicted molar refractivity (Wildman–Crippen MR) is 359 cm³/mol. The molecule has 434 valence electrons. The summed E-state index contributed by atoms with van der Waals surface area (Å²) in [5.74, 6) is 2.38. The van der Waals surface area contributed by atoms with Crippen LogP contribution in [0.3, 0.4) is 0 Å². The van der Waals surface area contributed by atoms with Crippen LogP contribution in [0.1, 0.15) is 141 Å². The molecule has 5 heterocycles. The minimum absolute atomic E-state index is 0.0477. The quantitative estimate of drug-likeness (QED) is 0.188. The Kier molecular flexibility index (Phi) is 13.9. The van der Waals surface area contributed by atoms with Crippen molar-refractivity contribution in [2.45, 2.75) is 201 Å². The number of allylic oxidation sites excluding steroid dienone is 17. The summed E-state index contributed by atoms with van der Waals surface area (Å²) in [6, 6.07) is 34.1. The fourth-order valence-electron chi connectivity index (χ4n) is 19.4. The van der Waals surface area contributed by atoms with Gasteiger partial charge in [0.25, 0.3) is 0 Å². The molecule has 5 aliphatic heterocycles. The molecule has 0 spiro atoms. The van der Waals surface area contributed by atoms with Crippen molar-refractivity contribution < 1.29 is 0 Å². The second kappa shape index (κ2) is 22.5. The molecule has 0 amide bonds. The maximum Gasteiger partial charge on any atom is 0.202 e. The highest BCUT2D eigenvalue weighted by atomic mass is 15.4. The molecule has 0 bridgehead atoms. The Morgan fingerprint density at radius 3 is 1.90 bits per heavy atom. The van der Waals surface area contributed by atoms with Crippen LogP contribution in [-0.2, 0) is 0 Å². The van der Waals surface area contributed by atoms with Crippen molar-refractivity contribution >= 4 is 41.8 Å². The van der Waals surface area contributed by atoms with Crippen molar-refractivity contribution in [3.05, 3.63) is 239 Å². The minimum Gasteiger partial charge on any atom is -0.347 e. The third kappa shape index (κ3) is 8.91. The van der Waals surface area contributed by atoms with Crippen molar-refractivity contribution in [3.8, 4) is 0 Å². The molecule has 17 rings (SSSR count). The molecule has 86 heavy (non-hydrogen) atoms. The number of rotatable bonds is 10. The van der Waals surface area contributed by atoms with Gasteiger partial charge in [-0.1, -0.05) is 151 Å². The van der Waals surface area contributed by atoms with Gasteiger partial charge in [-0.05, 0) is 196 Å². The normalized spacial score (nSPS) is 31.3. The van der Waals surface area contributed by atoms with Gasteiger partial charge in [-0.25, -0.2) is 4.99 Å². The van der Waals surface area contributed by atoms with Gasteiger partial charge < -0.3 is 29.4 Å². The lowest BCUT2D eigenvalue weighted by atomic mass is 9.19. The van der Waals surface area contributed by atoms with Crippen LogP contribution in [0.15, 0.2) is 244 Å². The lowest BCUT2D eigenvalue weighted by Crippen LogP contribution is -2.70. The SMILES string of the molecule is C1=CCC(N(C2=CC3C4B(c5ccccc5N(C5=CCCCC5)C4=C2)C2CC4B5C6=C(CCC=C6)N(c6ccccc6)C6=CC(N(C7=CCCCC7)C7=CCCCC7)CC(C56)N(c5ccccc5)C4N=C2N3C2C=CC=CC2)C2=CCCCC2)C=C1. The van der Waals surface area contributed by atoms with Crippen LogP contribution in [-0.4, -0.2) is 70.3 Å². The summed E-state index contributed by atoms with van der Waals surface area (Å²) in [5.41, 5.74) is 19.3. The van der Waals surface area contributed by atoms with Crippen LogP contribution < -0.4 is 20.2 Å². The van der Waals surface area contributed by atoms with Crippen LogP contribution in [0, 0.1) is 0 Å². The van der Waals surface area contributed by atoms with Gasteiger partial charge in [-0.3, -0.25) is 0 Å². The summed E-state index contributed by atoms with van der Waals surface area (Å²) in [5, 5.41) is 0. The number of nitrogens with zero attached hydrogens (tertiary/aromatic N) is 7. The number of amidine groups is 1. The topological polar surface area (TPSA) is 31.8 Å². The van der Waals surface area contributed by atoms with Crippen LogP contribution in [0.4, 0.5) is 17.1 Å². The number of hydrogen-bond acceptors (Lipinski definition) is 7. The zero-order valence-corrected chi connectivity index (χ0v) is 50.5. The molecular formula is C77H85B2N7. The summed E-state index contributed by atoms with van der Waals surface area (Å²) in [4.78, 5) is 24.1. The highest BCUT2D eigenvalue weighted by Crippen LogP contribution is 2.63. The summed E-state index contributed by atoms with van der Waals surface area (Å²) in [7, 11) is 0. The van der Waals surface area contributed by atoms with Crippen LogP contribution >= 0.6 is 0 Å². The number of aliphatic imine (C=N–C) groups is 1. The van der Waals surface area contributed by atoms with E-state index in [-0.39, 0.29) is 66.4 Å². The van der Waals surface area contributed by atoms with Crippen molar-refractivity contribution in [1.82, 2.24) is 14.7 Å². The number of benzene rings is 3. The Bertz CT molecular complexity index is 3580. The van der Waals surface area contributed by atoms with Gasteiger partial charge in [0.05, 0.1) is 30.0 Å². The molecule has 9 heteroatoms. The molecule has 3 aromatic carbocycles. The Hall–Kier alpha value is -7.12. The Labute approximate surface area is 513 Å². The van der Waals surface area contributed by atoms with E-state index in [4.69, 9.17) is 4.99 Å². The molecule has 14 aliphatic rings. The summed E-state index contributed by atoms with van der Waals surface area (Å²) in [6.45, 7) is 0.577. The van der Waals surface area contributed by atoms with Crippen molar-refractivity contribution in [3.63, 3.8) is 0 Å². The molecule has 0 saturated carbocycles. The van der Waals surface area contributed by atoms with E-state index in [9.17, 15) is 0 Å². The van der Waals surface area contributed by atoms with Gasteiger partial charge in [0.2, 0.25) is 6.71 Å². The van der Waals surface area contributed by atoms with E-state index >= 15 is 0 Å². The average molecular weight is 1130 g/mol. The molecule has 2 fully saturated rings. The number of para-hydroxylation sites is 3. The van der Waals surface area contributed by atoms with Gasteiger partial charge in [-0.15, -0.1) is 0 Å².